The Labute approximate surface area is 136 Å². The Kier molecular flexibility index (Phi) is 9.79. The molecule has 21 heavy (non-hydrogen) atoms. The van der Waals surface area contributed by atoms with Crippen LogP contribution in [0.25, 0.3) is 0 Å². The highest BCUT2D eigenvalue weighted by molar-refractivity contribution is 6.37. The summed E-state index contributed by atoms with van der Waals surface area (Å²) in [5.41, 5.74) is 0. The number of para-hydroxylation sites is 1. The van der Waals surface area contributed by atoms with Gasteiger partial charge in [0, 0.05) is 13.2 Å². The summed E-state index contributed by atoms with van der Waals surface area (Å²) in [6, 6.07) is 5.13. The lowest BCUT2D eigenvalue weighted by Crippen LogP contribution is -2.32. The SMILES string of the molecule is OCCCCCCNCC(O)COc1c(Cl)cccc1Cl. The van der Waals surface area contributed by atoms with Gasteiger partial charge in [0.1, 0.15) is 12.7 Å². The molecule has 1 atom stereocenters. The highest BCUT2D eigenvalue weighted by atomic mass is 35.5. The minimum Gasteiger partial charge on any atom is -0.488 e. The van der Waals surface area contributed by atoms with Crippen molar-refractivity contribution in [3.8, 4) is 5.75 Å². The molecule has 1 aromatic carbocycles. The number of nitrogens with one attached hydrogen (secondary N) is 1. The second-order valence-electron chi connectivity index (χ2n) is 4.86. The fourth-order valence-electron chi connectivity index (χ4n) is 1.84. The lowest BCUT2D eigenvalue weighted by Gasteiger charge is -2.14. The lowest BCUT2D eigenvalue weighted by molar-refractivity contribution is 0.106. The minimum absolute atomic E-state index is 0.140. The predicted octanol–water partition coefficient (Wildman–Crippen LogP) is 2.88. The maximum Gasteiger partial charge on any atom is 0.156 e. The van der Waals surface area contributed by atoms with Crippen molar-refractivity contribution in [3.63, 3.8) is 0 Å². The van der Waals surface area contributed by atoms with E-state index in [1.165, 1.54) is 0 Å². The van der Waals surface area contributed by atoms with Crippen LogP contribution < -0.4 is 10.1 Å². The van der Waals surface area contributed by atoms with E-state index in [2.05, 4.69) is 5.32 Å². The van der Waals surface area contributed by atoms with Crippen LogP contribution in [0.5, 0.6) is 5.75 Å². The van der Waals surface area contributed by atoms with E-state index >= 15 is 0 Å². The number of rotatable bonds is 11. The van der Waals surface area contributed by atoms with Gasteiger partial charge in [-0.15, -0.1) is 0 Å². The number of aliphatic hydroxyl groups is 2. The highest BCUT2D eigenvalue weighted by Gasteiger charge is 2.10. The van der Waals surface area contributed by atoms with Gasteiger partial charge in [-0.25, -0.2) is 0 Å². The smallest absolute Gasteiger partial charge is 0.156 e. The van der Waals surface area contributed by atoms with Gasteiger partial charge in [0.25, 0.3) is 0 Å². The molecular formula is C15H23Cl2NO3. The number of benzene rings is 1. The topological polar surface area (TPSA) is 61.7 Å². The van der Waals surface area contributed by atoms with E-state index in [-0.39, 0.29) is 13.2 Å². The Hall–Kier alpha value is -0.520. The molecule has 1 unspecified atom stereocenters. The molecule has 120 valence electrons. The Morgan fingerprint density at radius 1 is 1.10 bits per heavy atom. The number of hydrogen-bond donors (Lipinski definition) is 3. The van der Waals surface area contributed by atoms with Crippen molar-refractivity contribution in [2.24, 2.45) is 0 Å². The molecule has 0 saturated carbocycles. The van der Waals surface area contributed by atoms with E-state index in [1.807, 2.05) is 0 Å². The van der Waals surface area contributed by atoms with Crippen molar-refractivity contribution in [1.29, 1.82) is 0 Å². The number of halogens is 2. The Balaban J connectivity index is 2.12. The highest BCUT2D eigenvalue weighted by Crippen LogP contribution is 2.32. The largest absolute Gasteiger partial charge is 0.488 e. The van der Waals surface area contributed by atoms with E-state index in [0.29, 0.717) is 22.3 Å². The molecule has 0 heterocycles. The molecule has 0 aliphatic carbocycles. The zero-order valence-corrected chi connectivity index (χ0v) is 13.5. The van der Waals surface area contributed by atoms with E-state index in [1.54, 1.807) is 18.2 Å². The Bertz CT molecular complexity index is 384. The summed E-state index contributed by atoms with van der Waals surface area (Å²) < 4.78 is 5.46. The van der Waals surface area contributed by atoms with Gasteiger partial charge < -0.3 is 20.3 Å². The predicted molar refractivity (Wildman–Crippen MR) is 86.4 cm³/mol. The van der Waals surface area contributed by atoms with Crippen LogP contribution in [0.4, 0.5) is 0 Å². The first-order chi connectivity index (χ1) is 10.1. The molecule has 0 aromatic heterocycles. The summed E-state index contributed by atoms with van der Waals surface area (Å²) in [7, 11) is 0. The van der Waals surface area contributed by atoms with Crippen molar-refractivity contribution in [1.82, 2.24) is 5.32 Å². The van der Waals surface area contributed by atoms with Crippen molar-refractivity contribution in [2.75, 3.05) is 26.3 Å². The summed E-state index contributed by atoms with van der Waals surface area (Å²) in [6.07, 6.45) is 3.39. The minimum atomic E-state index is -0.616. The van der Waals surface area contributed by atoms with Crippen LogP contribution >= 0.6 is 23.2 Å². The first-order valence-corrected chi connectivity index (χ1v) is 7.97. The average Bonchev–Trinajstić information content (AvgIpc) is 2.46. The molecule has 0 saturated heterocycles. The fourth-order valence-corrected chi connectivity index (χ4v) is 2.35. The van der Waals surface area contributed by atoms with Crippen LogP contribution in [-0.4, -0.2) is 42.6 Å². The zero-order valence-electron chi connectivity index (χ0n) is 12.0. The summed E-state index contributed by atoms with van der Waals surface area (Å²) in [4.78, 5) is 0. The number of ether oxygens (including phenoxy) is 1. The fraction of sp³-hybridized carbons (Fsp3) is 0.600. The van der Waals surface area contributed by atoms with Gasteiger partial charge >= 0.3 is 0 Å². The van der Waals surface area contributed by atoms with E-state index in [4.69, 9.17) is 33.0 Å². The monoisotopic (exact) mass is 335 g/mol. The van der Waals surface area contributed by atoms with Crippen LogP contribution in [0.15, 0.2) is 18.2 Å². The lowest BCUT2D eigenvalue weighted by atomic mass is 10.2. The van der Waals surface area contributed by atoms with Crippen molar-refractivity contribution >= 4 is 23.2 Å². The molecule has 3 N–H and O–H groups in total. The molecule has 1 aromatic rings. The van der Waals surface area contributed by atoms with Gasteiger partial charge in [-0.2, -0.15) is 0 Å². The van der Waals surface area contributed by atoms with Gasteiger partial charge in [0.05, 0.1) is 10.0 Å². The molecular weight excluding hydrogens is 313 g/mol. The second-order valence-corrected chi connectivity index (χ2v) is 5.67. The molecule has 1 rings (SSSR count). The molecule has 0 fully saturated rings. The first-order valence-electron chi connectivity index (χ1n) is 7.21. The quantitative estimate of drug-likeness (QED) is 0.544. The maximum atomic E-state index is 9.83. The molecule has 6 heteroatoms. The van der Waals surface area contributed by atoms with Gasteiger partial charge in [-0.3, -0.25) is 0 Å². The van der Waals surface area contributed by atoms with Crippen LogP contribution in [-0.2, 0) is 0 Å². The van der Waals surface area contributed by atoms with E-state index in [9.17, 15) is 5.11 Å². The third-order valence-corrected chi connectivity index (χ3v) is 3.58. The summed E-state index contributed by atoms with van der Waals surface area (Å²) in [6.45, 7) is 1.70. The third-order valence-electron chi connectivity index (χ3n) is 2.98. The average molecular weight is 336 g/mol. The van der Waals surface area contributed by atoms with Gasteiger partial charge in [0.2, 0.25) is 0 Å². The van der Waals surface area contributed by atoms with Crippen LogP contribution in [0.3, 0.4) is 0 Å². The molecule has 0 aliphatic rings. The Morgan fingerprint density at radius 3 is 2.43 bits per heavy atom. The second kappa shape index (κ2) is 11.1. The molecule has 0 bridgehead atoms. The third kappa shape index (κ3) is 7.88. The summed E-state index contributed by atoms with van der Waals surface area (Å²) >= 11 is 12.0. The van der Waals surface area contributed by atoms with Crippen molar-refractivity contribution in [3.05, 3.63) is 28.2 Å². The normalized spacial score (nSPS) is 12.4. The number of hydrogen-bond acceptors (Lipinski definition) is 4. The van der Waals surface area contributed by atoms with Crippen molar-refractivity contribution < 1.29 is 14.9 Å². The molecule has 0 amide bonds. The summed E-state index contributed by atoms with van der Waals surface area (Å²) in [5.74, 6) is 0.406. The van der Waals surface area contributed by atoms with E-state index in [0.717, 1.165) is 32.2 Å². The van der Waals surface area contributed by atoms with Gasteiger partial charge in [-0.05, 0) is 31.5 Å². The zero-order chi connectivity index (χ0) is 15.5. The van der Waals surface area contributed by atoms with Gasteiger partial charge in [-0.1, -0.05) is 42.1 Å². The number of aliphatic hydroxyl groups excluding tert-OH is 2. The molecule has 0 radical (unpaired) electrons. The first kappa shape index (κ1) is 18.5. The Morgan fingerprint density at radius 2 is 1.76 bits per heavy atom. The van der Waals surface area contributed by atoms with E-state index < -0.39 is 6.10 Å². The summed E-state index contributed by atoms with van der Waals surface area (Å²) in [5, 5.41) is 22.5. The number of unbranched alkanes of at least 4 members (excludes halogenated alkanes) is 3. The van der Waals surface area contributed by atoms with Crippen molar-refractivity contribution in [2.45, 2.75) is 31.8 Å². The van der Waals surface area contributed by atoms with Crippen LogP contribution in [0.2, 0.25) is 10.0 Å². The maximum absolute atomic E-state index is 9.83. The molecule has 4 nitrogen and oxygen atoms in total. The molecule has 0 spiro atoms. The van der Waals surface area contributed by atoms with Gasteiger partial charge in [0.15, 0.2) is 5.75 Å². The molecule has 0 aliphatic heterocycles. The van der Waals surface area contributed by atoms with Crippen LogP contribution in [0, 0.1) is 0 Å². The van der Waals surface area contributed by atoms with Crippen LogP contribution in [0.1, 0.15) is 25.7 Å². The standard InChI is InChI=1S/C15H23Cl2NO3/c16-13-6-5-7-14(17)15(13)21-11-12(20)10-18-8-3-1-2-4-9-19/h5-7,12,18-20H,1-4,8-11H2.